The summed E-state index contributed by atoms with van der Waals surface area (Å²) in [6.07, 6.45) is -4.26. The summed E-state index contributed by atoms with van der Waals surface area (Å²) >= 11 is 0. The van der Waals surface area contributed by atoms with Gasteiger partial charge in [-0.05, 0) is 24.1 Å². The molecule has 1 unspecified atom stereocenters. The Kier molecular flexibility index (Phi) is 5.63. The Morgan fingerprint density at radius 1 is 1.25 bits per heavy atom. The van der Waals surface area contributed by atoms with Crippen LogP contribution in [0.3, 0.4) is 0 Å². The van der Waals surface area contributed by atoms with Crippen LogP contribution in [0, 0.1) is 5.92 Å². The molecule has 0 bridgehead atoms. The molecule has 1 aromatic carbocycles. The molecule has 0 radical (unpaired) electrons. The number of hydrogen-bond donors (Lipinski definition) is 3. The maximum Gasteiger partial charge on any atom is 0.573 e. The molecule has 0 aliphatic rings. The highest BCUT2D eigenvalue weighted by Gasteiger charge is 2.30. The zero-order chi connectivity index (χ0) is 15.2. The summed E-state index contributed by atoms with van der Waals surface area (Å²) in [5.41, 5.74) is 11.1. The maximum atomic E-state index is 12.0. The quantitative estimate of drug-likeness (QED) is 0.538. The fourth-order valence-electron chi connectivity index (χ4n) is 1.58. The first-order chi connectivity index (χ1) is 9.30. The van der Waals surface area contributed by atoms with Crippen molar-refractivity contribution in [3.8, 4) is 5.75 Å². The summed E-state index contributed by atoms with van der Waals surface area (Å²) in [6, 6.07) is 5.44. The van der Waals surface area contributed by atoms with Crippen molar-refractivity contribution < 1.29 is 23.0 Å². The van der Waals surface area contributed by atoms with Crippen LogP contribution in [-0.4, -0.2) is 30.6 Å². The summed E-state index contributed by atoms with van der Waals surface area (Å²) in [7, 11) is 0. The number of aliphatic hydroxyl groups is 1. The topological polar surface area (TPSA) is 93.9 Å². The molecule has 112 valence electrons. The Bertz CT molecular complexity index is 442. The largest absolute Gasteiger partial charge is 0.573 e. The first-order valence-corrected chi connectivity index (χ1v) is 5.81. The monoisotopic (exact) mass is 291 g/mol. The lowest BCUT2D eigenvalue weighted by atomic mass is 10.0. The van der Waals surface area contributed by atoms with Gasteiger partial charge in [-0.3, -0.25) is 4.99 Å². The molecule has 8 heteroatoms. The third-order valence-electron chi connectivity index (χ3n) is 2.47. The van der Waals surface area contributed by atoms with Crippen molar-refractivity contribution in [1.82, 2.24) is 0 Å². The Morgan fingerprint density at radius 2 is 1.85 bits per heavy atom. The van der Waals surface area contributed by atoms with E-state index in [0.29, 0.717) is 6.42 Å². The summed E-state index contributed by atoms with van der Waals surface area (Å²) in [6.45, 7) is 0.122. The Morgan fingerprint density at radius 3 is 2.30 bits per heavy atom. The van der Waals surface area contributed by atoms with E-state index in [0.717, 1.165) is 5.56 Å². The van der Waals surface area contributed by atoms with E-state index < -0.39 is 6.36 Å². The van der Waals surface area contributed by atoms with E-state index in [2.05, 4.69) is 9.73 Å². The van der Waals surface area contributed by atoms with E-state index in [9.17, 15) is 18.3 Å². The van der Waals surface area contributed by atoms with Crippen molar-refractivity contribution in [2.75, 3.05) is 13.2 Å². The number of nitrogens with zero attached hydrogens (tertiary/aromatic N) is 1. The van der Waals surface area contributed by atoms with Crippen LogP contribution in [0.25, 0.3) is 0 Å². The van der Waals surface area contributed by atoms with Gasteiger partial charge in [0.1, 0.15) is 5.75 Å². The van der Waals surface area contributed by atoms with Gasteiger partial charge in [-0.2, -0.15) is 0 Å². The Labute approximate surface area is 114 Å². The molecule has 0 heterocycles. The van der Waals surface area contributed by atoms with Crippen LogP contribution in [0.2, 0.25) is 0 Å². The molecule has 5 N–H and O–H groups in total. The molecule has 20 heavy (non-hydrogen) atoms. The van der Waals surface area contributed by atoms with Gasteiger partial charge in [-0.25, -0.2) is 0 Å². The van der Waals surface area contributed by atoms with Crippen LogP contribution in [0.5, 0.6) is 5.75 Å². The first kappa shape index (κ1) is 16.1. The molecule has 0 amide bonds. The van der Waals surface area contributed by atoms with Gasteiger partial charge in [0.05, 0.1) is 0 Å². The van der Waals surface area contributed by atoms with Gasteiger partial charge in [0.15, 0.2) is 5.96 Å². The number of halogens is 3. The third-order valence-corrected chi connectivity index (χ3v) is 2.47. The maximum absolute atomic E-state index is 12.0. The average molecular weight is 291 g/mol. The summed E-state index contributed by atoms with van der Waals surface area (Å²) in [4.78, 5) is 3.80. The number of ether oxygens (including phenoxy) is 1. The van der Waals surface area contributed by atoms with Gasteiger partial charge in [-0.15, -0.1) is 13.2 Å². The summed E-state index contributed by atoms with van der Waals surface area (Å²) in [5, 5.41) is 9.18. The van der Waals surface area contributed by atoms with Crippen molar-refractivity contribution in [3.05, 3.63) is 29.8 Å². The molecule has 1 aromatic rings. The lowest BCUT2D eigenvalue weighted by Crippen LogP contribution is -2.25. The van der Waals surface area contributed by atoms with Crippen LogP contribution in [0.1, 0.15) is 5.56 Å². The molecular weight excluding hydrogens is 275 g/mol. The van der Waals surface area contributed by atoms with Gasteiger partial charge in [0, 0.05) is 19.1 Å². The SMILES string of the molecule is NC(N)=NCC(CO)Cc1ccc(OC(F)(F)F)cc1. The number of aliphatic hydroxyl groups excluding tert-OH is 1. The third kappa shape index (κ3) is 6.28. The van der Waals surface area contributed by atoms with Crippen LogP contribution in [0.15, 0.2) is 29.3 Å². The predicted molar refractivity (Wildman–Crippen MR) is 68.1 cm³/mol. The minimum atomic E-state index is -4.71. The zero-order valence-electron chi connectivity index (χ0n) is 10.6. The molecule has 0 aliphatic heterocycles. The molecule has 1 atom stereocenters. The second kappa shape index (κ2) is 6.99. The first-order valence-electron chi connectivity index (χ1n) is 5.81. The van der Waals surface area contributed by atoms with Gasteiger partial charge in [0.25, 0.3) is 0 Å². The number of aliphatic imine (C=N–C) groups is 1. The highest BCUT2D eigenvalue weighted by Crippen LogP contribution is 2.23. The fourth-order valence-corrected chi connectivity index (χ4v) is 1.58. The number of rotatable bonds is 6. The van der Waals surface area contributed by atoms with Crippen LogP contribution < -0.4 is 16.2 Å². The van der Waals surface area contributed by atoms with Crippen molar-refractivity contribution in [2.24, 2.45) is 22.4 Å². The predicted octanol–water partition coefficient (Wildman–Crippen LogP) is 1.01. The average Bonchev–Trinajstić information content (AvgIpc) is 2.34. The van der Waals surface area contributed by atoms with E-state index in [1.165, 1.54) is 24.3 Å². The molecule has 1 rings (SSSR count). The fraction of sp³-hybridized carbons (Fsp3) is 0.417. The highest BCUT2D eigenvalue weighted by molar-refractivity contribution is 5.75. The minimum Gasteiger partial charge on any atom is -0.406 e. The number of benzene rings is 1. The molecular formula is C12H16F3N3O2. The van der Waals surface area contributed by atoms with Gasteiger partial charge < -0.3 is 21.3 Å². The lowest BCUT2D eigenvalue weighted by molar-refractivity contribution is -0.274. The van der Waals surface area contributed by atoms with E-state index in [1.54, 1.807) is 0 Å². The Balaban J connectivity index is 2.61. The number of hydrogen-bond acceptors (Lipinski definition) is 3. The number of alkyl halides is 3. The molecule has 0 saturated heterocycles. The Hall–Kier alpha value is -1.96. The highest BCUT2D eigenvalue weighted by atomic mass is 19.4. The molecule has 0 aliphatic carbocycles. The summed E-state index contributed by atoms with van der Waals surface area (Å²) in [5.74, 6) is -0.560. The van der Waals surface area contributed by atoms with Gasteiger partial charge in [0.2, 0.25) is 0 Å². The van der Waals surface area contributed by atoms with Gasteiger partial charge >= 0.3 is 6.36 Å². The standard InChI is InChI=1S/C12H16F3N3O2/c13-12(14,15)20-10-3-1-8(2-4-10)5-9(7-19)6-18-11(16)17/h1-4,9,19H,5-7H2,(H4,16,17,18). The smallest absolute Gasteiger partial charge is 0.406 e. The molecule has 0 saturated carbocycles. The molecule has 0 aromatic heterocycles. The molecule has 5 nitrogen and oxygen atoms in total. The summed E-state index contributed by atoms with van der Waals surface area (Å²) < 4.78 is 39.7. The van der Waals surface area contributed by atoms with E-state index in [1.807, 2.05) is 0 Å². The molecule has 0 spiro atoms. The number of guanidine groups is 1. The lowest BCUT2D eigenvalue weighted by Gasteiger charge is -2.13. The number of nitrogens with two attached hydrogens (primary N) is 2. The second-order valence-electron chi connectivity index (χ2n) is 4.21. The molecule has 0 fully saturated rings. The van der Waals surface area contributed by atoms with E-state index in [-0.39, 0.29) is 30.8 Å². The van der Waals surface area contributed by atoms with Crippen LogP contribution >= 0.6 is 0 Å². The van der Waals surface area contributed by atoms with Crippen molar-refractivity contribution in [3.63, 3.8) is 0 Å². The van der Waals surface area contributed by atoms with Gasteiger partial charge in [-0.1, -0.05) is 12.1 Å². The van der Waals surface area contributed by atoms with Crippen molar-refractivity contribution in [1.29, 1.82) is 0 Å². The van der Waals surface area contributed by atoms with E-state index >= 15 is 0 Å². The zero-order valence-corrected chi connectivity index (χ0v) is 10.6. The van der Waals surface area contributed by atoms with E-state index in [4.69, 9.17) is 11.5 Å². The van der Waals surface area contributed by atoms with Crippen LogP contribution in [-0.2, 0) is 6.42 Å². The normalized spacial score (nSPS) is 12.8. The van der Waals surface area contributed by atoms with Crippen molar-refractivity contribution in [2.45, 2.75) is 12.8 Å². The minimum absolute atomic E-state index is 0.0719. The van der Waals surface area contributed by atoms with Crippen molar-refractivity contribution >= 4 is 5.96 Å². The second-order valence-corrected chi connectivity index (χ2v) is 4.21. The van der Waals surface area contributed by atoms with Crippen LogP contribution in [0.4, 0.5) is 13.2 Å².